The maximum absolute atomic E-state index is 13.7. The zero-order chi connectivity index (χ0) is 36.1. The van der Waals surface area contributed by atoms with Crippen LogP contribution in [0, 0.1) is 6.92 Å². The molecular weight excluding hydrogens is 693 g/mol. The van der Waals surface area contributed by atoms with Crippen LogP contribution in [-0.4, -0.2) is 93.3 Å². The van der Waals surface area contributed by atoms with E-state index in [4.69, 9.17) is 4.74 Å². The molecule has 18 heteroatoms. The molecule has 1 saturated heterocycles. The molecule has 7 rings (SSSR count). The molecule has 3 aliphatic rings. The summed E-state index contributed by atoms with van der Waals surface area (Å²) in [6, 6.07) is 9.57. The number of rotatable bonds is 7. The fraction of sp³-hybridized carbons (Fsp3) is 0.394. The zero-order valence-corrected chi connectivity index (χ0v) is 28.2. The average molecular weight is 727 g/mol. The number of halogens is 3. The molecule has 0 spiro atoms. The lowest BCUT2D eigenvalue weighted by Crippen LogP contribution is -2.43. The minimum atomic E-state index is -5.48. The van der Waals surface area contributed by atoms with Crippen LogP contribution in [0.2, 0.25) is 0 Å². The summed E-state index contributed by atoms with van der Waals surface area (Å²) in [5.74, 6) is -1.19. The lowest BCUT2D eigenvalue weighted by atomic mass is 9.97. The standard InChI is InChI=1S/C33H33F3N8O6S/c1-19-23-6-7-26(25(23)5-4-24(19)31(47)42-10-12-50-13-11-42)40-30(46)28-15-27(41-32-38-18-39-44(28)32)29(45)37-16-20-2-3-21-8-9-43(17-22(21)14-20)51(48,49)33(34,35)36/h2-5,14-15,18,26H,6-13,16-17H2,1H3,(H,37,45)(H,40,46). The Labute approximate surface area is 290 Å². The summed E-state index contributed by atoms with van der Waals surface area (Å²) in [5.41, 5.74) is -0.418. The van der Waals surface area contributed by atoms with Gasteiger partial charge in [0.05, 0.1) is 19.3 Å². The molecule has 4 aromatic rings. The van der Waals surface area contributed by atoms with Crippen molar-refractivity contribution >= 4 is 33.5 Å². The van der Waals surface area contributed by atoms with Crippen molar-refractivity contribution in [2.75, 3.05) is 32.8 Å². The fourth-order valence-electron chi connectivity index (χ4n) is 6.84. The third kappa shape index (κ3) is 6.54. The van der Waals surface area contributed by atoms with Crippen LogP contribution < -0.4 is 10.6 Å². The summed E-state index contributed by atoms with van der Waals surface area (Å²) in [6.07, 6.45) is 2.60. The maximum atomic E-state index is 13.7. The normalized spacial score (nSPS) is 18.0. The first-order valence-corrected chi connectivity index (χ1v) is 17.7. The molecule has 1 fully saturated rings. The number of carbonyl (C=O) groups is 3. The molecule has 2 aromatic heterocycles. The Morgan fingerprint density at radius 3 is 2.55 bits per heavy atom. The third-order valence-electron chi connectivity index (χ3n) is 9.58. The van der Waals surface area contributed by atoms with Gasteiger partial charge in [0.1, 0.15) is 17.7 Å². The summed E-state index contributed by atoms with van der Waals surface area (Å²) in [6.45, 7) is 3.21. The van der Waals surface area contributed by atoms with Gasteiger partial charge in [-0.25, -0.2) is 13.4 Å². The Kier molecular flexibility index (Phi) is 9.01. The van der Waals surface area contributed by atoms with Gasteiger partial charge in [-0.1, -0.05) is 24.3 Å². The summed E-state index contributed by atoms with van der Waals surface area (Å²) >= 11 is 0. The van der Waals surface area contributed by atoms with E-state index < -0.39 is 33.9 Å². The molecule has 268 valence electrons. The van der Waals surface area contributed by atoms with Gasteiger partial charge >= 0.3 is 15.5 Å². The van der Waals surface area contributed by atoms with Crippen LogP contribution in [-0.2, 0) is 40.7 Å². The number of sulfonamides is 1. The van der Waals surface area contributed by atoms with Gasteiger partial charge in [-0.15, -0.1) is 0 Å². The molecule has 0 radical (unpaired) electrons. The first-order valence-electron chi connectivity index (χ1n) is 16.3. The summed E-state index contributed by atoms with van der Waals surface area (Å²) < 4.78 is 70.3. The van der Waals surface area contributed by atoms with Crippen LogP contribution >= 0.6 is 0 Å². The number of morpholine rings is 1. The number of fused-ring (bicyclic) bond motifs is 3. The van der Waals surface area contributed by atoms with Crippen molar-refractivity contribution in [1.82, 2.24) is 39.4 Å². The second kappa shape index (κ2) is 13.3. The minimum Gasteiger partial charge on any atom is -0.378 e. The Balaban J connectivity index is 1.05. The van der Waals surface area contributed by atoms with E-state index in [0.29, 0.717) is 60.1 Å². The van der Waals surface area contributed by atoms with E-state index >= 15 is 0 Å². The van der Waals surface area contributed by atoms with E-state index in [1.165, 1.54) is 16.9 Å². The van der Waals surface area contributed by atoms with Crippen LogP contribution in [0.4, 0.5) is 13.2 Å². The van der Waals surface area contributed by atoms with Crippen molar-refractivity contribution in [3.8, 4) is 0 Å². The lowest BCUT2D eigenvalue weighted by Gasteiger charge is -2.29. The number of hydrogen-bond donors (Lipinski definition) is 2. The molecule has 2 aromatic carbocycles. The average Bonchev–Trinajstić information content (AvgIpc) is 3.77. The molecule has 14 nitrogen and oxygen atoms in total. The lowest BCUT2D eigenvalue weighted by molar-refractivity contribution is -0.0492. The van der Waals surface area contributed by atoms with E-state index in [1.807, 2.05) is 13.0 Å². The van der Waals surface area contributed by atoms with Gasteiger partial charge in [-0.05, 0) is 65.6 Å². The molecule has 0 saturated carbocycles. The van der Waals surface area contributed by atoms with Crippen LogP contribution in [0.25, 0.3) is 5.78 Å². The van der Waals surface area contributed by atoms with Gasteiger partial charge in [0.2, 0.25) is 0 Å². The first kappa shape index (κ1) is 34.5. The van der Waals surface area contributed by atoms with Gasteiger partial charge in [-0.2, -0.15) is 32.1 Å². The van der Waals surface area contributed by atoms with Gasteiger partial charge in [0.25, 0.3) is 23.5 Å². The molecule has 1 aliphatic carbocycles. The molecule has 51 heavy (non-hydrogen) atoms. The largest absolute Gasteiger partial charge is 0.511 e. The Hall–Kier alpha value is -4.94. The first-order chi connectivity index (χ1) is 24.3. The van der Waals surface area contributed by atoms with Crippen LogP contribution in [0.1, 0.15) is 77.2 Å². The number of alkyl halides is 3. The second-order valence-electron chi connectivity index (χ2n) is 12.6. The van der Waals surface area contributed by atoms with E-state index in [0.717, 1.165) is 22.3 Å². The SMILES string of the molecule is Cc1c(C(=O)N2CCOCC2)ccc2c1CCC2NC(=O)c1cc(C(=O)NCc2ccc3c(c2)CN(S(=O)(=O)C(F)(F)F)CC3)nc2ncnn12. The van der Waals surface area contributed by atoms with Gasteiger partial charge in [0, 0.05) is 44.4 Å². The van der Waals surface area contributed by atoms with Gasteiger partial charge < -0.3 is 20.3 Å². The van der Waals surface area contributed by atoms with Gasteiger partial charge in [-0.3, -0.25) is 14.4 Å². The predicted molar refractivity (Wildman–Crippen MR) is 174 cm³/mol. The highest BCUT2D eigenvalue weighted by atomic mass is 32.2. The van der Waals surface area contributed by atoms with Crippen molar-refractivity contribution in [1.29, 1.82) is 0 Å². The number of nitrogens with zero attached hydrogens (tertiary/aromatic N) is 6. The number of hydrogen-bond acceptors (Lipinski definition) is 9. The van der Waals surface area contributed by atoms with E-state index in [-0.39, 0.29) is 48.6 Å². The number of aromatic nitrogens is 4. The highest BCUT2D eigenvalue weighted by Gasteiger charge is 2.50. The third-order valence-corrected chi connectivity index (χ3v) is 11.2. The topological polar surface area (TPSA) is 168 Å². The minimum absolute atomic E-state index is 0.0153. The van der Waals surface area contributed by atoms with Crippen LogP contribution in [0.5, 0.6) is 0 Å². The summed E-state index contributed by atoms with van der Waals surface area (Å²) in [7, 11) is -5.48. The molecular formula is C33H33F3N8O6S. The molecule has 3 amide bonds. The molecule has 0 bridgehead atoms. The fourth-order valence-corrected chi connectivity index (χ4v) is 7.77. The smallest absolute Gasteiger partial charge is 0.378 e. The van der Waals surface area contributed by atoms with Crippen molar-refractivity contribution in [3.05, 3.63) is 93.1 Å². The monoisotopic (exact) mass is 726 g/mol. The number of carbonyl (C=O) groups excluding carboxylic acids is 3. The number of nitrogens with one attached hydrogen (secondary N) is 2. The Morgan fingerprint density at radius 2 is 1.78 bits per heavy atom. The van der Waals surface area contributed by atoms with Crippen molar-refractivity contribution < 1.29 is 40.7 Å². The number of benzene rings is 2. The molecule has 2 aliphatic heterocycles. The number of amides is 3. The van der Waals surface area contributed by atoms with Crippen LogP contribution in [0.15, 0.2) is 42.7 Å². The molecule has 4 heterocycles. The van der Waals surface area contributed by atoms with Crippen molar-refractivity contribution in [2.24, 2.45) is 0 Å². The van der Waals surface area contributed by atoms with Gasteiger partial charge in [0.15, 0.2) is 0 Å². The molecule has 1 unspecified atom stereocenters. The highest BCUT2D eigenvalue weighted by Crippen LogP contribution is 2.35. The Bertz CT molecular complexity index is 2170. The quantitative estimate of drug-likeness (QED) is 0.291. The number of ether oxygens (including phenoxy) is 1. The summed E-state index contributed by atoms with van der Waals surface area (Å²) in [5, 5.41) is 9.84. The molecule has 1 atom stereocenters. The van der Waals surface area contributed by atoms with E-state index in [1.54, 1.807) is 29.2 Å². The van der Waals surface area contributed by atoms with E-state index in [9.17, 15) is 36.0 Å². The summed E-state index contributed by atoms with van der Waals surface area (Å²) in [4.78, 5) is 50.2. The zero-order valence-electron chi connectivity index (χ0n) is 27.4. The predicted octanol–water partition coefficient (Wildman–Crippen LogP) is 2.46. The highest BCUT2D eigenvalue weighted by molar-refractivity contribution is 7.89. The van der Waals surface area contributed by atoms with Crippen molar-refractivity contribution in [2.45, 2.75) is 50.8 Å². The van der Waals surface area contributed by atoms with Crippen molar-refractivity contribution in [3.63, 3.8) is 0 Å². The van der Waals surface area contributed by atoms with E-state index in [2.05, 4.69) is 25.7 Å². The van der Waals surface area contributed by atoms with Crippen LogP contribution in [0.3, 0.4) is 0 Å². The second-order valence-corrected chi connectivity index (χ2v) is 14.5. The maximum Gasteiger partial charge on any atom is 0.511 e. The Morgan fingerprint density at radius 1 is 1.00 bits per heavy atom. The molecule has 2 N–H and O–H groups in total.